The Hall–Kier alpha value is -2.04. The van der Waals surface area contributed by atoms with Crippen molar-refractivity contribution < 1.29 is 19.4 Å². The normalized spacial score (nSPS) is 17.4. The molecule has 1 saturated carbocycles. The highest BCUT2D eigenvalue weighted by Gasteiger charge is 2.41. The van der Waals surface area contributed by atoms with E-state index < -0.39 is 17.8 Å². The van der Waals surface area contributed by atoms with Crippen LogP contribution in [0.15, 0.2) is 24.3 Å². The van der Waals surface area contributed by atoms with E-state index >= 15 is 0 Å². The predicted octanol–water partition coefficient (Wildman–Crippen LogP) is 1.95. The second kappa shape index (κ2) is 6.16. The average molecular weight is 291 g/mol. The average Bonchev–Trinajstić information content (AvgIpc) is 2.45. The molecule has 0 aliphatic heterocycles. The van der Waals surface area contributed by atoms with Crippen molar-refractivity contribution in [1.29, 1.82) is 0 Å². The van der Waals surface area contributed by atoms with Gasteiger partial charge in [-0.05, 0) is 25.8 Å². The number of para-hydroxylation sites is 1. The second-order valence-electron chi connectivity index (χ2n) is 5.61. The molecular formula is C16H21NO4. The first kappa shape index (κ1) is 15.4. The second-order valence-corrected chi connectivity index (χ2v) is 5.61. The molecule has 5 nitrogen and oxygen atoms in total. The molecule has 1 atom stereocenters. The molecule has 5 heteroatoms. The van der Waals surface area contributed by atoms with Gasteiger partial charge < -0.3 is 15.2 Å². The molecule has 0 aromatic heterocycles. The van der Waals surface area contributed by atoms with Gasteiger partial charge in [0.15, 0.2) is 0 Å². The molecule has 2 N–H and O–H groups in total. The number of nitrogens with one attached hydrogen (secondary N) is 1. The molecule has 1 amide bonds. The molecule has 21 heavy (non-hydrogen) atoms. The topological polar surface area (TPSA) is 75.6 Å². The molecule has 0 saturated heterocycles. The van der Waals surface area contributed by atoms with Crippen LogP contribution in [0.4, 0.5) is 0 Å². The summed E-state index contributed by atoms with van der Waals surface area (Å²) < 4.78 is 5.41. The minimum atomic E-state index is -1.10. The number of benzene rings is 1. The molecule has 2 rings (SSSR count). The Kier molecular flexibility index (Phi) is 4.50. The van der Waals surface area contributed by atoms with Crippen molar-refractivity contribution in [2.45, 2.75) is 31.6 Å². The van der Waals surface area contributed by atoms with Crippen molar-refractivity contribution in [3.63, 3.8) is 0 Å². The highest BCUT2D eigenvalue weighted by Crippen LogP contribution is 2.46. The van der Waals surface area contributed by atoms with E-state index in [9.17, 15) is 9.59 Å². The van der Waals surface area contributed by atoms with E-state index in [-0.39, 0.29) is 5.41 Å². The van der Waals surface area contributed by atoms with E-state index in [1.165, 1.54) is 6.92 Å². The lowest BCUT2D eigenvalue weighted by Crippen LogP contribution is -2.47. The van der Waals surface area contributed by atoms with E-state index in [2.05, 4.69) is 5.32 Å². The van der Waals surface area contributed by atoms with Gasteiger partial charge in [-0.25, -0.2) is 0 Å². The lowest BCUT2D eigenvalue weighted by atomic mass is 9.64. The number of ether oxygens (including phenoxy) is 1. The number of aliphatic carboxylic acids is 1. The van der Waals surface area contributed by atoms with Gasteiger partial charge in [-0.15, -0.1) is 0 Å². The molecule has 0 radical (unpaired) electrons. The van der Waals surface area contributed by atoms with Crippen molar-refractivity contribution in [2.24, 2.45) is 5.92 Å². The number of amides is 1. The van der Waals surface area contributed by atoms with Crippen LogP contribution in [-0.2, 0) is 15.0 Å². The molecule has 114 valence electrons. The monoisotopic (exact) mass is 291 g/mol. The lowest BCUT2D eigenvalue weighted by Gasteiger charge is -2.43. The summed E-state index contributed by atoms with van der Waals surface area (Å²) in [7, 11) is 1.64. The maximum Gasteiger partial charge on any atom is 0.315 e. The van der Waals surface area contributed by atoms with Crippen LogP contribution in [0.5, 0.6) is 5.75 Å². The molecule has 1 aromatic rings. The SMILES string of the molecule is COc1ccccc1C1(CNC(=O)C(C)C(=O)O)CCC1. The molecule has 1 unspecified atom stereocenters. The first-order valence-electron chi connectivity index (χ1n) is 7.14. The molecule has 1 aliphatic rings. The Morgan fingerprint density at radius 3 is 2.57 bits per heavy atom. The van der Waals surface area contributed by atoms with Crippen molar-refractivity contribution in [3.05, 3.63) is 29.8 Å². The third-order valence-corrected chi connectivity index (χ3v) is 4.35. The Labute approximate surface area is 124 Å². The summed E-state index contributed by atoms with van der Waals surface area (Å²) in [6.45, 7) is 1.85. The van der Waals surface area contributed by atoms with Gasteiger partial charge in [-0.2, -0.15) is 0 Å². The maximum atomic E-state index is 11.8. The summed E-state index contributed by atoms with van der Waals surface area (Å²) in [6, 6.07) is 7.81. The summed E-state index contributed by atoms with van der Waals surface area (Å²) in [4.78, 5) is 22.7. The van der Waals surface area contributed by atoms with Crippen LogP contribution < -0.4 is 10.1 Å². The van der Waals surface area contributed by atoms with Crippen LogP contribution in [-0.4, -0.2) is 30.6 Å². The molecule has 1 aliphatic carbocycles. The smallest absolute Gasteiger partial charge is 0.315 e. The van der Waals surface area contributed by atoms with Gasteiger partial charge in [0.05, 0.1) is 7.11 Å². The summed E-state index contributed by atoms with van der Waals surface area (Å²) in [6.07, 6.45) is 3.03. The lowest BCUT2D eigenvalue weighted by molar-refractivity contribution is -0.146. The van der Waals surface area contributed by atoms with E-state index in [1.54, 1.807) is 7.11 Å². The fourth-order valence-corrected chi connectivity index (χ4v) is 2.75. The first-order valence-corrected chi connectivity index (χ1v) is 7.14. The molecule has 1 aromatic carbocycles. The van der Waals surface area contributed by atoms with Crippen LogP contribution in [0, 0.1) is 5.92 Å². The molecule has 0 heterocycles. The quantitative estimate of drug-likeness (QED) is 0.786. The summed E-state index contributed by atoms with van der Waals surface area (Å²) >= 11 is 0. The van der Waals surface area contributed by atoms with Gasteiger partial charge >= 0.3 is 5.97 Å². The fraction of sp³-hybridized carbons (Fsp3) is 0.500. The Morgan fingerprint density at radius 1 is 1.38 bits per heavy atom. The standard InChI is InChI=1S/C16H21NO4/c1-11(15(19)20)14(18)17-10-16(8-5-9-16)12-6-3-4-7-13(12)21-2/h3-4,6-7,11H,5,8-10H2,1-2H3,(H,17,18)(H,19,20). The number of hydrogen-bond donors (Lipinski definition) is 2. The number of carbonyl (C=O) groups excluding carboxylic acids is 1. The van der Waals surface area contributed by atoms with Crippen LogP contribution in [0.1, 0.15) is 31.7 Å². The van der Waals surface area contributed by atoms with Gasteiger partial charge in [0.1, 0.15) is 11.7 Å². The zero-order chi connectivity index (χ0) is 15.5. The minimum absolute atomic E-state index is 0.138. The number of rotatable bonds is 6. The Balaban J connectivity index is 2.12. The van der Waals surface area contributed by atoms with Crippen LogP contribution in [0.3, 0.4) is 0 Å². The predicted molar refractivity (Wildman–Crippen MR) is 78.3 cm³/mol. The van der Waals surface area contributed by atoms with Gasteiger partial charge in [-0.3, -0.25) is 9.59 Å². The third kappa shape index (κ3) is 3.01. The van der Waals surface area contributed by atoms with Gasteiger partial charge in [-0.1, -0.05) is 24.6 Å². The molecule has 1 fully saturated rings. The maximum absolute atomic E-state index is 11.8. The largest absolute Gasteiger partial charge is 0.496 e. The summed E-state index contributed by atoms with van der Waals surface area (Å²) in [5.74, 6) is -1.76. The summed E-state index contributed by atoms with van der Waals surface area (Å²) in [5, 5.41) is 11.7. The number of methoxy groups -OCH3 is 1. The molecule has 0 spiro atoms. The summed E-state index contributed by atoms with van der Waals surface area (Å²) in [5.41, 5.74) is 0.947. The Bertz CT molecular complexity index is 537. The van der Waals surface area contributed by atoms with E-state index in [4.69, 9.17) is 9.84 Å². The Morgan fingerprint density at radius 2 is 2.05 bits per heavy atom. The number of carboxylic acids is 1. The highest BCUT2D eigenvalue weighted by molar-refractivity contribution is 5.96. The van der Waals surface area contributed by atoms with Crippen LogP contribution in [0.2, 0.25) is 0 Å². The minimum Gasteiger partial charge on any atom is -0.496 e. The van der Waals surface area contributed by atoms with Gasteiger partial charge in [0.2, 0.25) is 5.91 Å². The van der Waals surface area contributed by atoms with Gasteiger partial charge in [0, 0.05) is 17.5 Å². The zero-order valence-corrected chi connectivity index (χ0v) is 12.4. The number of carbonyl (C=O) groups is 2. The van der Waals surface area contributed by atoms with Crippen molar-refractivity contribution in [3.8, 4) is 5.75 Å². The molecular weight excluding hydrogens is 270 g/mol. The first-order chi connectivity index (χ1) is 10.00. The van der Waals surface area contributed by atoms with Crippen molar-refractivity contribution >= 4 is 11.9 Å². The van der Waals surface area contributed by atoms with Crippen LogP contribution in [0.25, 0.3) is 0 Å². The fourth-order valence-electron chi connectivity index (χ4n) is 2.75. The highest BCUT2D eigenvalue weighted by atomic mass is 16.5. The van der Waals surface area contributed by atoms with Crippen LogP contribution >= 0.6 is 0 Å². The van der Waals surface area contributed by atoms with Crippen molar-refractivity contribution in [1.82, 2.24) is 5.32 Å². The van der Waals surface area contributed by atoms with Crippen molar-refractivity contribution in [2.75, 3.05) is 13.7 Å². The van der Waals surface area contributed by atoms with E-state index in [0.29, 0.717) is 6.54 Å². The zero-order valence-electron chi connectivity index (χ0n) is 12.4. The molecule has 0 bridgehead atoms. The number of hydrogen-bond acceptors (Lipinski definition) is 3. The van der Waals surface area contributed by atoms with E-state index in [0.717, 1.165) is 30.6 Å². The van der Waals surface area contributed by atoms with Gasteiger partial charge in [0.25, 0.3) is 0 Å². The third-order valence-electron chi connectivity index (χ3n) is 4.35. The van der Waals surface area contributed by atoms with E-state index in [1.807, 2.05) is 24.3 Å². The number of carboxylic acid groups (broad SMARTS) is 1.